The second-order valence-electron chi connectivity index (χ2n) is 5.28. The molecule has 0 aliphatic carbocycles. The average molecular weight is 399 g/mol. The van der Waals surface area contributed by atoms with Crippen molar-refractivity contribution in [3.05, 3.63) is 47.0 Å². The molecule has 0 spiro atoms. The average Bonchev–Trinajstić information content (AvgIpc) is 2.58. The molecule has 140 valence electrons. The topological polar surface area (TPSA) is 93.7 Å². The highest BCUT2D eigenvalue weighted by atomic mass is 35.5. The Morgan fingerprint density at radius 3 is 2.54 bits per heavy atom. The minimum atomic E-state index is -3.89. The van der Waals surface area contributed by atoms with E-state index >= 15 is 0 Å². The SMILES string of the molecule is CCOC(=O)Nc1cc(S(=O)(=O)Nc2ccc(C)c(Cl)c2)ccc1OC. The predicted octanol–water partition coefficient (Wildman–Crippen LogP) is 4.03. The largest absolute Gasteiger partial charge is 0.495 e. The van der Waals surface area contributed by atoms with Gasteiger partial charge in [0.25, 0.3) is 10.0 Å². The summed E-state index contributed by atoms with van der Waals surface area (Å²) in [6, 6.07) is 8.94. The van der Waals surface area contributed by atoms with E-state index in [4.69, 9.17) is 21.1 Å². The first kappa shape index (κ1) is 19.9. The quantitative estimate of drug-likeness (QED) is 0.766. The van der Waals surface area contributed by atoms with Crippen molar-refractivity contribution in [1.82, 2.24) is 0 Å². The first-order valence-corrected chi connectivity index (χ1v) is 9.53. The van der Waals surface area contributed by atoms with E-state index in [0.29, 0.717) is 16.5 Å². The Balaban J connectivity index is 2.33. The molecule has 0 unspecified atom stereocenters. The molecule has 2 aromatic rings. The monoisotopic (exact) mass is 398 g/mol. The van der Waals surface area contributed by atoms with Crippen LogP contribution in [0.15, 0.2) is 41.3 Å². The van der Waals surface area contributed by atoms with Gasteiger partial charge in [-0.15, -0.1) is 0 Å². The van der Waals surface area contributed by atoms with E-state index in [9.17, 15) is 13.2 Å². The van der Waals surface area contributed by atoms with Gasteiger partial charge in [-0.25, -0.2) is 13.2 Å². The number of hydrogen-bond donors (Lipinski definition) is 2. The van der Waals surface area contributed by atoms with Gasteiger partial charge in [0, 0.05) is 5.02 Å². The maximum absolute atomic E-state index is 12.6. The molecule has 1 amide bonds. The third-order valence-electron chi connectivity index (χ3n) is 3.42. The van der Waals surface area contributed by atoms with E-state index < -0.39 is 16.1 Å². The van der Waals surface area contributed by atoms with Crippen molar-refractivity contribution in [2.45, 2.75) is 18.7 Å². The summed E-state index contributed by atoms with van der Waals surface area (Å²) in [4.78, 5) is 11.6. The molecule has 0 aromatic heterocycles. The number of benzene rings is 2. The number of ether oxygens (including phenoxy) is 2. The molecule has 9 heteroatoms. The lowest BCUT2D eigenvalue weighted by molar-refractivity contribution is 0.168. The molecule has 0 bridgehead atoms. The molecule has 2 N–H and O–H groups in total. The Morgan fingerprint density at radius 1 is 1.19 bits per heavy atom. The fourth-order valence-electron chi connectivity index (χ4n) is 2.10. The normalized spacial score (nSPS) is 10.9. The fraction of sp³-hybridized carbons (Fsp3) is 0.235. The fourth-order valence-corrected chi connectivity index (χ4v) is 3.36. The van der Waals surface area contributed by atoms with Crippen molar-refractivity contribution < 1.29 is 22.7 Å². The van der Waals surface area contributed by atoms with Gasteiger partial charge in [0.1, 0.15) is 5.75 Å². The molecule has 0 saturated carbocycles. The van der Waals surface area contributed by atoms with Gasteiger partial charge in [-0.05, 0) is 49.7 Å². The van der Waals surface area contributed by atoms with Gasteiger partial charge in [-0.1, -0.05) is 17.7 Å². The lowest BCUT2D eigenvalue weighted by atomic mass is 10.2. The predicted molar refractivity (Wildman–Crippen MR) is 101 cm³/mol. The number of nitrogens with one attached hydrogen (secondary N) is 2. The molecule has 0 aliphatic heterocycles. The zero-order chi connectivity index (χ0) is 19.3. The van der Waals surface area contributed by atoms with Gasteiger partial charge in [0.2, 0.25) is 0 Å². The van der Waals surface area contributed by atoms with Crippen LogP contribution in [0, 0.1) is 6.92 Å². The van der Waals surface area contributed by atoms with Gasteiger partial charge >= 0.3 is 6.09 Å². The number of amides is 1. The standard InChI is InChI=1S/C17H19ClN2O5S/c1-4-25-17(21)19-15-10-13(7-8-16(15)24-3)26(22,23)20-12-6-5-11(2)14(18)9-12/h5-10,20H,4H2,1-3H3,(H,19,21). The highest BCUT2D eigenvalue weighted by Gasteiger charge is 2.18. The molecular weight excluding hydrogens is 380 g/mol. The summed E-state index contributed by atoms with van der Waals surface area (Å²) in [5, 5.41) is 2.90. The number of methoxy groups -OCH3 is 1. The van der Waals surface area contributed by atoms with Gasteiger partial charge < -0.3 is 9.47 Å². The molecule has 0 atom stereocenters. The minimum absolute atomic E-state index is 0.0539. The van der Waals surface area contributed by atoms with E-state index in [-0.39, 0.29) is 17.2 Å². The van der Waals surface area contributed by atoms with Gasteiger partial charge in [0.15, 0.2) is 0 Å². The smallest absolute Gasteiger partial charge is 0.411 e. The van der Waals surface area contributed by atoms with Crippen LogP contribution < -0.4 is 14.8 Å². The van der Waals surface area contributed by atoms with Crippen molar-refractivity contribution in [1.29, 1.82) is 0 Å². The van der Waals surface area contributed by atoms with Crippen LogP contribution in [0.5, 0.6) is 5.75 Å². The van der Waals surface area contributed by atoms with E-state index in [1.807, 2.05) is 6.92 Å². The Morgan fingerprint density at radius 2 is 1.92 bits per heavy atom. The second-order valence-corrected chi connectivity index (χ2v) is 7.37. The Labute approximate surface area is 157 Å². The summed E-state index contributed by atoms with van der Waals surface area (Å²) in [5.74, 6) is 0.301. The maximum atomic E-state index is 12.6. The summed E-state index contributed by atoms with van der Waals surface area (Å²) < 4.78 is 37.6. The van der Waals surface area contributed by atoms with Crippen molar-refractivity contribution in [3.63, 3.8) is 0 Å². The summed E-state index contributed by atoms with van der Waals surface area (Å²) in [5.41, 5.74) is 1.34. The molecule has 2 aromatic carbocycles. The summed E-state index contributed by atoms with van der Waals surface area (Å²) in [6.07, 6.45) is -0.710. The third-order valence-corrected chi connectivity index (χ3v) is 5.20. The number of carbonyl (C=O) groups excluding carboxylic acids is 1. The molecule has 2 rings (SSSR count). The zero-order valence-electron chi connectivity index (χ0n) is 14.5. The van der Waals surface area contributed by atoms with Crippen molar-refractivity contribution in [3.8, 4) is 5.75 Å². The number of sulfonamides is 1. The van der Waals surface area contributed by atoms with Crippen LogP contribution in [0.3, 0.4) is 0 Å². The lowest BCUT2D eigenvalue weighted by Crippen LogP contribution is -2.16. The highest BCUT2D eigenvalue weighted by Crippen LogP contribution is 2.29. The van der Waals surface area contributed by atoms with Gasteiger partial charge in [-0.2, -0.15) is 0 Å². The number of halogens is 1. The van der Waals surface area contributed by atoms with E-state index in [1.165, 1.54) is 31.4 Å². The van der Waals surface area contributed by atoms with Crippen LogP contribution in [0.1, 0.15) is 12.5 Å². The number of anilines is 2. The van der Waals surface area contributed by atoms with Crippen molar-refractivity contribution >= 4 is 39.1 Å². The van der Waals surface area contributed by atoms with Crippen LogP contribution in [0.25, 0.3) is 0 Å². The maximum Gasteiger partial charge on any atom is 0.411 e. The van der Waals surface area contributed by atoms with E-state index in [2.05, 4.69) is 10.0 Å². The molecule has 7 nitrogen and oxygen atoms in total. The third kappa shape index (κ3) is 4.80. The summed E-state index contributed by atoms with van der Waals surface area (Å²) >= 11 is 6.03. The first-order valence-electron chi connectivity index (χ1n) is 7.67. The molecule has 0 heterocycles. The highest BCUT2D eigenvalue weighted by molar-refractivity contribution is 7.92. The minimum Gasteiger partial charge on any atom is -0.495 e. The van der Waals surface area contributed by atoms with Crippen molar-refractivity contribution in [2.24, 2.45) is 0 Å². The number of rotatable bonds is 6. The van der Waals surface area contributed by atoms with E-state index in [0.717, 1.165) is 5.56 Å². The van der Waals surface area contributed by atoms with E-state index in [1.54, 1.807) is 19.1 Å². The summed E-state index contributed by atoms with van der Waals surface area (Å²) in [6.45, 7) is 3.66. The first-order chi connectivity index (χ1) is 12.3. The molecule has 0 radical (unpaired) electrons. The number of hydrogen-bond acceptors (Lipinski definition) is 5. The second kappa shape index (κ2) is 8.29. The lowest BCUT2D eigenvalue weighted by Gasteiger charge is -2.13. The van der Waals surface area contributed by atoms with Gasteiger partial charge in [0.05, 0.1) is 30.0 Å². The van der Waals surface area contributed by atoms with Gasteiger partial charge in [-0.3, -0.25) is 10.0 Å². The Hall–Kier alpha value is -2.45. The van der Waals surface area contributed by atoms with Crippen LogP contribution in [0.2, 0.25) is 5.02 Å². The zero-order valence-corrected chi connectivity index (χ0v) is 16.1. The van der Waals surface area contributed by atoms with Crippen LogP contribution >= 0.6 is 11.6 Å². The van der Waals surface area contributed by atoms with Crippen LogP contribution in [-0.4, -0.2) is 28.2 Å². The summed E-state index contributed by atoms with van der Waals surface area (Å²) in [7, 11) is -2.49. The molecule has 0 fully saturated rings. The molecular formula is C17H19ClN2O5S. The number of aryl methyl sites for hydroxylation is 1. The van der Waals surface area contributed by atoms with Crippen molar-refractivity contribution in [2.75, 3.05) is 23.8 Å². The Bertz CT molecular complexity index is 915. The molecule has 0 saturated heterocycles. The van der Waals surface area contributed by atoms with Crippen LogP contribution in [-0.2, 0) is 14.8 Å². The number of carbonyl (C=O) groups is 1. The molecule has 26 heavy (non-hydrogen) atoms. The Kier molecular flexibility index (Phi) is 6.33. The van der Waals surface area contributed by atoms with Crippen LogP contribution in [0.4, 0.5) is 16.2 Å². The molecule has 0 aliphatic rings.